The van der Waals surface area contributed by atoms with Gasteiger partial charge in [0.1, 0.15) is 0 Å². The van der Waals surface area contributed by atoms with Crippen molar-refractivity contribution < 1.29 is 5.11 Å². The van der Waals surface area contributed by atoms with Gasteiger partial charge in [-0.3, -0.25) is 0 Å². The van der Waals surface area contributed by atoms with Crippen LogP contribution in [0.3, 0.4) is 0 Å². The summed E-state index contributed by atoms with van der Waals surface area (Å²) in [5.74, 6) is 0.106. The van der Waals surface area contributed by atoms with Crippen LogP contribution in [0.5, 0.6) is 0 Å². The number of nitrogens with zero attached hydrogens (tertiary/aromatic N) is 1. The van der Waals surface area contributed by atoms with Crippen molar-refractivity contribution in [2.24, 2.45) is 11.7 Å². The first kappa shape index (κ1) is 14.3. The molecule has 0 fully saturated rings. The van der Waals surface area contributed by atoms with Gasteiger partial charge in [0.05, 0.1) is 12.1 Å². The quantitative estimate of drug-likeness (QED) is 0.870. The summed E-state index contributed by atoms with van der Waals surface area (Å²) < 4.78 is 0. The zero-order valence-corrected chi connectivity index (χ0v) is 11.6. The fourth-order valence-electron chi connectivity index (χ4n) is 1.66. The summed E-state index contributed by atoms with van der Waals surface area (Å²) in [6.45, 7) is 3.87. The Kier molecular flexibility index (Phi) is 4.80. The summed E-state index contributed by atoms with van der Waals surface area (Å²) in [5.41, 5.74) is 7.83. The lowest BCUT2D eigenvalue weighted by molar-refractivity contribution is 0.0980. The standard InChI is InChI=1S/C13H21ClN2O/c1-8(2)13(17)12(15)10-6-5-9(16(3)4)7-11(10)14/h5-8,12-13,17H,15H2,1-4H3/t12-,13+/m1/s1. The van der Waals surface area contributed by atoms with Crippen molar-refractivity contribution in [3.63, 3.8) is 0 Å². The molecular weight excluding hydrogens is 236 g/mol. The van der Waals surface area contributed by atoms with Crippen LogP contribution in [0.15, 0.2) is 18.2 Å². The molecule has 0 spiro atoms. The maximum Gasteiger partial charge on any atom is 0.0756 e. The summed E-state index contributed by atoms with van der Waals surface area (Å²) in [6.07, 6.45) is -0.585. The van der Waals surface area contributed by atoms with E-state index in [1.807, 2.05) is 51.0 Å². The highest BCUT2D eigenvalue weighted by atomic mass is 35.5. The first-order valence-electron chi connectivity index (χ1n) is 5.75. The molecule has 1 aromatic rings. The van der Waals surface area contributed by atoms with Gasteiger partial charge in [-0.05, 0) is 23.6 Å². The molecule has 0 radical (unpaired) electrons. The van der Waals surface area contributed by atoms with Gasteiger partial charge >= 0.3 is 0 Å². The Bertz CT molecular complexity index is 380. The molecule has 3 N–H and O–H groups in total. The molecule has 17 heavy (non-hydrogen) atoms. The lowest BCUT2D eigenvalue weighted by atomic mass is 9.94. The Balaban J connectivity index is 2.99. The van der Waals surface area contributed by atoms with E-state index in [9.17, 15) is 5.11 Å². The number of benzene rings is 1. The highest BCUT2D eigenvalue weighted by Gasteiger charge is 2.22. The Morgan fingerprint density at radius 3 is 2.29 bits per heavy atom. The van der Waals surface area contributed by atoms with Crippen LogP contribution in [0.1, 0.15) is 25.5 Å². The average Bonchev–Trinajstić information content (AvgIpc) is 2.26. The maximum atomic E-state index is 9.96. The van der Waals surface area contributed by atoms with Crippen molar-refractivity contribution in [2.75, 3.05) is 19.0 Å². The van der Waals surface area contributed by atoms with Crippen molar-refractivity contribution >= 4 is 17.3 Å². The molecule has 0 aliphatic rings. The number of anilines is 1. The first-order valence-corrected chi connectivity index (χ1v) is 6.12. The molecule has 0 aliphatic heterocycles. The second-order valence-corrected chi connectivity index (χ2v) is 5.27. The van der Waals surface area contributed by atoms with Crippen LogP contribution < -0.4 is 10.6 Å². The highest BCUT2D eigenvalue weighted by Crippen LogP contribution is 2.29. The molecule has 1 rings (SSSR count). The smallest absolute Gasteiger partial charge is 0.0756 e. The second kappa shape index (κ2) is 5.71. The van der Waals surface area contributed by atoms with Gasteiger partial charge in [0, 0.05) is 24.8 Å². The van der Waals surface area contributed by atoms with Crippen LogP contribution in [-0.2, 0) is 0 Å². The fraction of sp³-hybridized carbons (Fsp3) is 0.538. The van der Waals surface area contributed by atoms with Gasteiger partial charge in [0.25, 0.3) is 0 Å². The summed E-state index contributed by atoms with van der Waals surface area (Å²) in [7, 11) is 3.91. The summed E-state index contributed by atoms with van der Waals surface area (Å²) in [6, 6.07) is 5.25. The van der Waals surface area contributed by atoms with E-state index in [-0.39, 0.29) is 5.92 Å². The molecule has 0 unspecified atom stereocenters. The molecule has 0 saturated heterocycles. The van der Waals surface area contributed by atoms with Crippen LogP contribution in [0, 0.1) is 5.92 Å². The molecule has 3 nitrogen and oxygen atoms in total. The van der Waals surface area contributed by atoms with Gasteiger partial charge in [-0.15, -0.1) is 0 Å². The molecule has 0 aromatic heterocycles. The molecule has 96 valence electrons. The van der Waals surface area contributed by atoms with Crippen LogP contribution in [-0.4, -0.2) is 25.3 Å². The zero-order chi connectivity index (χ0) is 13.2. The van der Waals surface area contributed by atoms with Crippen molar-refractivity contribution in [3.05, 3.63) is 28.8 Å². The number of aliphatic hydroxyl groups excluding tert-OH is 1. The third kappa shape index (κ3) is 3.35. The van der Waals surface area contributed by atoms with Gasteiger partial charge in [-0.1, -0.05) is 31.5 Å². The highest BCUT2D eigenvalue weighted by molar-refractivity contribution is 6.31. The normalized spacial score (nSPS) is 14.8. The second-order valence-electron chi connectivity index (χ2n) is 4.86. The van der Waals surface area contributed by atoms with Gasteiger partial charge in [-0.2, -0.15) is 0 Å². The van der Waals surface area contributed by atoms with E-state index >= 15 is 0 Å². The average molecular weight is 257 g/mol. The van der Waals surface area contributed by atoms with Crippen molar-refractivity contribution in [1.82, 2.24) is 0 Å². The summed E-state index contributed by atoms with van der Waals surface area (Å²) in [4.78, 5) is 1.97. The molecule has 0 aliphatic carbocycles. The molecule has 4 heteroatoms. The van der Waals surface area contributed by atoms with E-state index in [4.69, 9.17) is 17.3 Å². The van der Waals surface area contributed by atoms with Crippen LogP contribution in [0.2, 0.25) is 5.02 Å². The molecule has 1 aromatic carbocycles. The zero-order valence-electron chi connectivity index (χ0n) is 10.8. The molecule has 0 heterocycles. The summed E-state index contributed by atoms with van der Waals surface area (Å²) in [5, 5.41) is 10.6. The lowest BCUT2D eigenvalue weighted by Gasteiger charge is -2.24. The predicted octanol–water partition coefficient (Wildman–Crippen LogP) is 2.42. The Morgan fingerprint density at radius 1 is 1.29 bits per heavy atom. The van der Waals surface area contributed by atoms with E-state index in [1.54, 1.807) is 0 Å². The Labute approximate surface area is 108 Å². The predicted molar refractivity (Wildman–Crippen MR) is 73.6 cm³/mol. The van der Waals surface area contributed by atoms with E-state index in [2.05, 4.69) is 0 Å². The molecular formula is C13H21ClN2O. The van der Waals surface area contributed by atoms with Crippen LogP contribution >= 0.6 is 11.6 Å². The van der Waals surface area contributed by atoms with E-state index < -0.39 is 12.1 Å². The Morgan fingerprint density at radius 2 is 1.88 bits per heavy atom. The fourth-order valence-corrected chi connectivity index (χ4v) is 1.96. The van der Waals surface area contributed by atoms with Crippen LogP contribution in [0.4, 0.5) is 5.69 Å². The number of nitrogens with two attached hydrogens (primary N) is 1. The maximum absolute atomic E-state index is 9.96. The molecule has 0 saturated carbocycles. The number of aliphatic hydroxyl groups is 1. The third-order valence-corrected chi connectivity index (χ3v) is 3.24. The van der Waals surface area contributed by atoms with Gasteiger partial charge < -0.3 is 15.7 Å². The lowest BCUT2D eigenvalue weighted by Crippen LogP contribution is -2.30. The van der Waals surface area contributed by atoms with Crippen molar-refractivity contribution in [2.45, 2.75) is 26.0 Å². The van der Waals surface area contributed by atoms with Crippen molar-refractivity contribution in [3.8, 4) is 0 Å². The van der Waals surface area contributed by atoms with Crippen molar-refractivity contribution in [1.29, 1.82) is 0 Å². The number of hydrogen-bond donors (Lipinski definition) is 2. The SMILES string of the molecule is CC(C)[C@H](O)[C@H](N)c1ccc(N(C)C)cc1Cl. The first-order chi connectivity index (χ1) is 7.84. The number of rotatable bonds is 4. The monoisotopic (exact) mass is 256 g/mol. The third-order valence-electron chi connectivity index (χ3n) is 2.91. The van der Waals surface area contributed by atoms with E-state index in [1.165, 1.54) is 0 Å². The minimum atomic E-state index is -0.585. The summed E-state index contributed by atoms with van der Waals surface area (Å²) >= 11 is 6.20. The van der Waals surface area contributed by atoms with Gasteiger partial charge in [0.15, 0.2) is 0 Å². The minimum Gasteiger partial charge on any atom is -0.391 e. The Hall–Kier alpha value is -0.770. The molecule has 0 amide bonds. The van der Waals surface area contributed by atoms with E-state index in [0.717, 1.165) is 11.3 Å². The number of hydrogen-bond acceptors (Lipinski definition) is 3. The number of halogens is 1. The topological polar surface area (TPSA) is 49.5 Å². The molecule has 0 bridgehead atoms. The largest absolute Gasteiger partial charge is 0.391 e. The van der Waals surface area contributed by atoms with Crippen LogP contribution in [0.25, 0.3) is 0 Å². The minimum absolute atomic E-state index is 0.106. The van der Waals surface area contributed by atoms with Gasteiger partial charge in [-0.25, -0.2) is 0 Å². The molecule has 2 atom stereocenters. The van der Waals surface area contributed by atoms with E-state index in [0.29, 0.717) is 5.02 Å². The van der Waals surface area contributed by atoms with Gasteiger partial charge in [0.2, 0.25) is 0 Å².